The van der Waals surface area contributed by atoms with E-state index in [0.29, 0.717) is 18.7 Å². The second-order valence-electron chi connectivity index (χ2n) is 9.29. The van der Waals surface area contributed by atoms with E-state index >= 15 is 0 Å². The minimum absolute atomic E-state index is 0.00474. The summed E-state index contributed by atoms with van der Waals surface area (Å²) >= 11 is 3.52. The van der Waals surface area contributed by atoms with Gasteiger partial charge in [0, 0.05) is 23.5 Å². The number of aryl methyl sites for hydroxylation is 2. The highest BCUT2D eigenvalue weighted by molar-refractivity contribution is 9.10. The van der Waals surface area contributed by atoms with E-state index < -0.39 is 6.04 Å². The van der Waals surface area contributed by atoms with Crippen LogP contribution in [0.4, 0.5) is 0 Å². The zero-order valence-electron chi connectivity index (χ0n) is 21.5. The molecule has 1 N–H and O–H groups in total. The minimum atomic E-state index is -0.685. The number of ether oxygens (including phenoxy) is 1. The molecule has 3 rings (SSSR count). The first-order chi connectivity index (χ1) is 17.2. The Balaban J connectivity index is 1.92. The van der Waals surface area contributed by atoms with Crippen molar-refractivity contribution in [2.75, 3.05) is 6.61 Å². The fourth-order valence-electron chi connectivity index (χ4n) is 4.07. The van der Waals surface area contributed by atoms with Crippen molar-refractivity contribution in [3.63, 3.8) is 0 Å². The Kier molecular flexibility index (Phi) is 10.1. The number of halogens is 1. The van der Waals surface area contributed by atoms with Crippen molar-refractivity contribution in [2.24, 2.45) is 0 Å². The maximum Gasteiger partial charge on any atom is 0.261 e. The number of benzene rings is 3. The average molecular weight is 552 g/mol. The molecule has 0 saturated carbocycles. The molecule has 0 radical (unpaired) electrons. The van der Waals surface area contributed by atoms with Crippen LogP contribution < -0.4 is 10.1 Å². The minimum Gasteiger partial charge on any atom is -0.484 e. The number of carbonyl (C=O) groups is 2. The van der Waals surface area contributed by atoms with Crippen LogP contribution in [0.25, 0.3) is 0 Å². The van der Waals surface area contributed by atoms with Crippen LogP contribution in [0, 0.1) is 13.8 Å². The molecule has 0 aliphatic rings. The van der Waals surface area contributed by atoms with E-state index in [1.165, 1.54) is 0 Å². The first-order valence-electron chi connectivity index (χ1n) is 12.3. The predicted molar refractivity (Wildman–Crippen MR) is 148 cm³/mol. The third-order valence-electron chi connectivity index (χ3n) is 6.07. The lowest BCUT2D eigenvalue weighted by molar-refractivity contribution is -0.143. The van der Waals surface area contributed by atoms with E-state index in [4.69, 9.17) is 4.74 Å². The van der Waals surface area contributed by atoms with Gasteiger partial charge in [0.05, 0.1) is 0 Å². The van der Waals surface area contributed by atoms with Crippen molar-refractivity contribution in [3.8, 4) is 5.75 Å². The molecule has 0 aliphatic carbocycles. The second kappa shape index (κ2) is 13.3. The second-order valence-corrected chi connectivity index (χ2v) is 10.2. The summed E-state index contributed by atoms with van der Waals surface area (Å²) < 4.78 is 6.84. The highest BCUT2D eigenvalue weighted by Crippen LogP contribution is 2.20. The Morgan fingerprint density at radius 3 is 2.25 bits per heavy atom. The summed E-state index contributed by atoms with van der Waals surface area (Å²) in [5, 5.41) is 3.09. The van der Waals surface area contributed by atoms with E-state index in [0.717, 1.165) is 33.1 Å². The predicted octanol–water partition coefficient (Wildman–Crippen LogP) is 6.00. The van der Waals surface area contributed by atoms with Crippen LogP contribution in [0.1, 0.15) is 42.5 Å². The number of hydrogen-bond donors (Lipinski definition) is 1. The molecule has 2 amide bonds. The van der Waals surface area contributed by atoms with Crippen LogP contribution >= 0.6 is 15.9 Å². The smallest absolute Gasteiger partial charge is 0.261 e. The maximum atomic E-state index is 13.7. The molecule has 0 unspecified atom stereocenters. The summed E-state index contributed by atoms with van der Waals surface area (Å²) in [5.74, 6) is 0.240. The molecule has 0 aliphatic heterocycles. The number of nitrogens with one attached hydrogen (secondary N) is 1. The van der Waals surface area contributed by atoms with Gasteiger partial charge in [-0.25, -0.2) is 0 Å². The molecule has 3 aromatic carbocycles. The molecule has 0 saturated heterocycles. The summed E-state index contributed by atoms with van der Waals surface area (Å²) in [5.41, 5.74) is 4.05. The van der Waals surface area contributed by atoms with Crippen molar-refractivity contribution < 1.29 is 14.3 Å². The fraction of sp³-hybridized carbons (Fsp3) is 0.333. The SMILES string of the molecule is CC[C@@H](C)NC(=O)[C@H](Cc1ccccc1)N(Cc1cccc(Br)c1)C(=O)COc1cc(C)cc(C)c1. The lowest BCUT2D eigenvalue weighted by Crippen LogP contribution is -2.53. The quantitative estimate of drug-likeness (QED) is 0.318. The zero-order chi connectivity index (χ0) is 26.1. The molecule has 2 atom stereocenters. The van der Waals surface area contributed by atoms with Crippen molar-refractivity contribution in [1.29, 1.82) is 0 Å². The largest absolute Gasteiger partial charge is 0.484 e. The molecule has 6 heteroatoms. The molecule has 0 bridgehead atoms. The Morgan fingerprint density at radius 1 is 0.944 bits per heavy atom. The summed E-state index contributed by atoms with van der Waals surface area (Å²) in [6.45, 7) is 8.13. The molecule has 0 fully saturated rings. The van der Waals surface area contributed by atoms with E-state index in [-0.39, 0.29) is 24.5 Å². The zero-order valence-corrected chi connectivity index (χ0v) is 23.0. The third kappa shape index (κ3) is 8.23. The van der Waals surface area contributed by atoms with Gasteiger partial charge in [0.2, 0.25) is 5.91 Å². The van der Waals surface area contributed by atoms with Gasteiger partial charge in [-0.1, -0.05) is 71.4 Å². The standard InChI is InChI=1S/C30H35BrN2O3/c1-5-23(4)32-30(35)28(18-24-10-7-6-8-11-24)33(19-25-12-9-13-26(31)17-25)29(34)20-36-27-15-21(2)14-22(3)16-27/h6-17,23,28H,5,18-20H2,1-4H3,(H,32,35)/t23-,28+/m1/s1. The molecule has 36 heavy (non-hydrogen) atoms. The molecule has 190 valence electrons. The van der Waals surface area contributed by atoms with E-state index in [1.807, 2.05) is 94.4 Å². The lowest BCUT2D eigenvalue weighted by Gasteiger charge is -2.32. The molecular weight excluding hydrogens is 516 g/mol. The van der Waals surface area contributed by atoms with E-state index in [2.05, 4.69) is 27.3 Å². The highest BCUT2D eigenvalue weighted by Gasteiger charge is 2.31. The van der Waals surface area contributed by atoms with Crippen molar-refractivity contribution in [3.05, 3.63) is 99.5 Å². The topological polar surface area (TPSA) is 58.6 Å². The summed E-state index contributed by atoms with van der Waals surface area (Å²) in [6, 6.07) is 22.8. The van der Waals surface area contributed by atoms with Crippen molar-refractivity contribution in [2.45, 2.75) is 59.2 Å². The molecule has 0 aromatic heterocycles. The number of amides is 2. The first-order valence-corrected chi connectivity index (χ1v) is 13.1. The lowest BCUT2D eigenvalue weighted by atomic mass is 10.0. The third-order valence-corrected chi connectivity index (χ3v) is 6.56. The monoisotopic (exact) mass is 550 g/mol. The van der Waals surface area contributed by atoms with E-state index in [1.54, 1.807) is 4.90 Å². The molecule has 5 nitrogen and oxygen atoms in total. The maximum absolute atomic E-state index is 13.7. The number of hydrogen-bond acceptors (Lipinski definition) is 3. The molecular formula is C30H35BrN2O3. The van der Waals surface area contributed by atoms with Crippen LogP contribution in [0.15, 0.2) is 77.3 Å². The fourth-order valence-corrected chi connectivity index (χ4v) is 4.52. The van der Waals surface area contributed by atoms with Gasteiger partial charge in [-0.15, -0.1) is 0 Å². The van der Waals surface area contributed by atoms with Gasteiger partial charge >= 0.3 is 0 Å². The Hall–Kier alpha value is -3.12. The van der Waals surface area contributed by atoms with Gasteiger partial charge in [0.25, 0.3) is 5.91 Å². The van der Waals surface area contributed by atoms with Crippen LogP contribution in [0.3, 0.4) is 0 Å². The summed E-state index contributed by atoms with van der Waals surface area (Å²) in [6.07, 6.45) is 1.21. The normalized spacial score (nSPS) is 12.5. The number of rotatable bonds is 11. The Morgan fingerprint density at radius 2 is 1.61 bits per heavy atom. The first kappa shape index (κ1) is 27.5. The molecule has 3 aromatic rings. The average Bonchev–Trinajstić information content (AvgIpc) is 2.84. The summed E-state index contributed by atoms with van der Waals surface area (Å²) in [7, 11) is 0. The molecule has 0 heterocycles. The van der Waals surface area contributed by atoms with Crippen LogP contribution in [0.5, 0.6) is 5.75 Å². The van der Waals surface area contributed by atoms with Gasteiger partial charge in [0.15, 0.2) is 6.61 Å². The van der Waals surface area contributed by atoms with Crippen LogP contribution in [0.2, 0.25) is 0 Å². The van der Waals surface area contributed by atoms with Crippen LogP contribution in [-0.2, 0) is 22.6 Å². The number of carbonyl (C=O) groups excluding carboxylic acids is 2. The van der Waals surface area contributed by atoms with Gasteiger partial charge in [-0.3, -0.25) is 9.59 Å². The molecule has 0 spiro atoms. The van der Waals surface area contributed by atoms with Gasteiger partial charge < -0.3 is 15.0 Å². The highest BCUT2D eigenvalue weighted by atomic mass is 79.9. The van der Waals surface area contributed by atoms with Crippen LogP contribution in [-0.4, -0.2) is 35.4 Å². The Labute approximate surface area is 223 Å². The van der Waals surface area contributed by atoms with Gasteiger partial charge in [-0.2, -0.15) is 0 Å². The summed E-state index contributed by atoms with van der Waals surface area (Å²) in [4.78, 5) is 28.9. The van der Waals surface area contributed by atoms with Gasteiger partial charge in [0.1, 0.15) is 11.8 Å². The van der Waals surface area contributed by atoms with Crippen molar-refractivity contribution >= 4 is 27.7 Å². The number of nitrogens with zero attached hydrogens (tertiary/aromatic N) is 1. The Bertz CT molecular complexity index is 1150. The van der Waals surface area contributed by atoms with Crippen molar-refractivity contribution in [1.82, 2.24) is 10.2 Å². The van der Waals surface area contributed by atoms with E-state index in [9.17, 15) is 9.59 Å². The van der Waals surface area contributed by atoms with Gasteiger partial charge in [-0.05, 0) is 73.7 Å².